The molecule has 0 aromatic heterocycles. The highest BCUT2D eigenvalue weighted by Crippen LogP contribution is 2.19. The second kappa shape index (κ2) is 11.0. The molecule has 3 rings (SSSR count). The number of carbonyl (C=O) groups is 1. The number of halogens is 1. The van der Waals surface area contributed by atoms with E-state index in [1.165, 1.54) is 0 Å². The van der Waals surface area contributed by atoms with Gasteiger partial charge in [-0.05, 0) is 60.5 Å². The molecule has 0 atom stereocenters. The standard InChI is InChI=1S/C25H21BrN2O3/c1-2-30-24-5-3-4-22(15-24)28-25(29)20(16-27)14-18-6-8-19(9-7-18)17-31-23-12-10-21(26)11-13-23/h3-15H,2,17H2,1H3,(H,28,29). The van der Waals surface area contributed by atoms with Crippen molar-refractivity contribution in [3.8, 4) is 17.6 Å². The van der Waals surface area contributed by atoms with Crippen molar-refractivity contribution in [2.45, 2.75) is 13.5 Å². The summed E-state index contributed by atoms with van der Waals surface area (Å²) >= 11 is 3.39. The average Bonchev–Trinajstić information content (AvgIpc) is 2.78. The maximum absolute atomic E-state index is 12.5. The van der Waals surface area contributed by atoms with Gasteiger partial charge < -0.3 is 14.8 Å². The Morgan fingerprint density at radius 3 is 2.45 bits per heavy atom. The van der Waals surface area contributed by atoms with Gasteiger partial charge in [0.15, 0.2) is 0 Å². The summed E-state index contributed by atoms with van der Waals surface area (Å²) in [6, 6.07) is 24.2. The molecule has 0 unspecified atom stereocenters. The van der Waals surface area contributed by atoms with Crippen molar-refractivity contribution in [1.82, 2.24) is 0 Å². The Kier molecular flexibility index (Phi) is 7.85. The molecule has 1 amide bonds. The molecular formula is C25H21BrN2O3. The summed E-state index contributed by atoms with van der Waals surface area (Å²) in [5.41, 5.74) is 2.32. The van der Waals surface area contributed by atoms with Gasteiger partial charge in [0, 0.05) is 16.2 Å². The van der Waals surface area contributed by atoms with Crippen LogP contribution in [0.5, 0.6) is 11.5 Å². The van der Waals surface area contributed by atoms with Crippen molar-refractivity contribution >= 4 is 33.6 Å². The van der Waals surface area contributed by atoms with E-state index in [2.05, 4.69) is 21.2 Å². The van der Waals surface area contributed by atoms with Crippen LogP contribution in [0.15, 0.2) is 82.8 Å². The summed E-state index contributed by atoms with van der Waals surface area (Å²) < 4.78 is 12.2. The fraction of sp³-hybridized carbons (Fsp3) is 0.120. The van der Waals surface area contributed by atoms with Crippen LogP contribution in [0.3, 0.4) is 0 Å². The van der Waals surface area contributed by atoms with Crippen LogP contribution in [0.4, 0.5) is 5.69 Å². The minimum Gasteiger partial charge on any atom is -0.494 e. The second-order valence-electron chi connectivity index (χ2n) is 6.57. The van der Waals surface area contributed by atoms with E-state index in [1.54, 1.807) is 24.3 Å². The van der Waals surface area contributed by atoms with Gasteiger partial charge in [0.25, 0.3) is 5.91 Å². The van der Waals surface area contributed by atoms with Gasteiger partial charge >= 0.3 is 0 Å². The summed E-state index contributed by atoms with van der Waals surface area (Å²) in [4.78, 5) is 12.5. The molecule has 3 aromatic rings. The number of ether oxygens (including phenoxy) is 2. The van der Waals surface area contributed by atoms with E-state index in [-0.39, 0.29) is 5.57 Å². The third-order valence-electron chi connectivity index (χ3n) is 4.28. The zero-order chi connectivity index (χ0) is 22.1. The van der Waals surface area contributed by atoms with Crippen LogP contribution in [0.1, 0.15) is 18.1 Å². The number of anilines is 1. The molecule has 6 heteroatoms. The first-order valence-electron chi connectivity index (χ1n) is 9.70. The van der Waals surface area contributed by atoms with Crippen molar-refractivity contribution in [3.05, 3.63) is 94.0 Å². The smallest absolute Gasteiger partial charge is 0.266 e. The van der Waals surface area contributed by atoms with Gasteiger partial charge in [-0.2, -0.15) is 5.26 Å². The molecule has 0 saturated heterocycles. The van der Waals surface area contributed by atoms with Crippen LogP contribution in [-0.4, -0.2) is 12.5 Å². The van der Waals surface area contributed by atoms with Crippen LogP contribution < -0.4 is 14.8 Å². The van der Waals surface area contributed by atoms with Crippen molar-refractivity contribution in [2.24, 2.45) is 0 Å². The second-order valence-corrected chi connectivity index (χ2v) is 7.48. The minimum atomic E-state index is -0.473. The topological polar surface area (TPSA) is 71.3 Å². The number of rotatable bonds is 8. The van der Waals surface area contributed by atoms with Gasteiger partial charge in [-0.3, -0.25) is 4.79 Å². The van der Waals surface area contributed by atoms with E-state index in [0.29, 0.717) is 24.7 Å². The molecule has 0 aliphatic heterocycles. The normalized spacial score (nSPS) is 10.8. The molecule has 3 aromatic carbocycles. The summed E-state index contributed by atoms with van der Waals surface area (Å²) in [5.74, 6) is 0.964. The summed E-state index contributed by atoms with van der Waals surface area (Å²) in [7, 11) is 0. The zero-order valence-electron chi connectivity index (χ0n) is 17.0. The van der Waals surface area contributed by atoms with Crippen molar-refractivity contribution in [2.75, 3.05) is 11.9 Å². The number of hydrogen-bond donors (Lipinski definition) is 1. The lowest BCUT2D eigenvalue weighted by molar-refractivity contribution is -0.112. The molecule has 1 N–H and O–H groups in total. The first-order chi connectivity index (χ1) is 15.1. The van der Waals surface area contributed by atoms with Gasteiger partial charge in [-0.25, -0.2) is 0 Å². The monoisotopic (exact) mass is 476 g/mol. The number of carbonyl (C=O) groups excluding carboxylic acids is 1. The Labute approximate surface area is 190 Å². The maximum Gasteiger partial charge on any atom is 0.266 e. The summed E-state index contributed by atoms with van der Waals surface area (Å²) in [5, 5.41) is 12.2. The quantitative estimate of drug-likeness (QED) is 0.321. The summed E-state index contributed by atoms with van der Waals surface area (Å²) in [6.45, 7) is 2.85. The third kappa shape index (κ3) is 6.73. The molecule has 0 aliphatic carbocycles. The highest BCUT2D eigenvalue weighted by atomic mass is 79.9. The number of hydrogen-bond acceptors (Lipinski definition) is 4. The number of benzene rings is 3. The average molecular weight is 477 g/mol. The number of nitrogens with one attached hydrogen (secondary N) is 1. The van der Waals surface area contributed by atoms with Crippen LogP contribution in [-0.2, 0) is 11.4 Å². The Bertz CT molecular complexity index is 1100. The molecule has 5 nitrogen and oxygen atoms in total. The molecule has 0 spiro atoms. The highest BCUT2D eigenvalue weighted by Gasteiger charge is 2.10. The molecule has 0 bridgehead atoms. The number of amides is 1. The zero-order valence-corrected chi connectivity index (χ0v) is 18.6. The Balaban J connectivity index is 1.63. The Morgan fingerprint density at radius 1 is 1.03 bits per heavy atom. The molecular weight excluding hydrogens is 456 g/mol. The molecule has 0 aliphatic rings. The Hall–Kier alpha value is -3.56. The van der Waals surface area contributed by atoms with Crippen molar-refractivity contribution in [3.63, 3.8) is 0 Å². The van der Waals surface area contributed by atoms with Crippen molar-refractivity contribution < 1.29 is 14.3 Å². The largest absolute Gasteiger partial charge is 0.494 e. The van der Waals surface area contributed by atoms with Gasteiger partial charge in [-0.15, -0.1) is 0 Å². The lowest BCUT2D eigenvalue weighted by atomic mass is 10.1. The predicted molar refractivity (Wildman–Crippen MR) is 125 cm³/mol. The molecule has 0 heterocycles. The molecule has 0 fully saturated rings. The van der Waals surface area contributed by atoms with E-state index < -0.39 is 5.91 Å². The predicted octanol–water partition coefficient (Wildman–Crippen LogP) is 5.97. The van der Waals surface area contributed by atoms with E-state index >= 15 is 0 Å². The summed E-state index contributed by atoms with van der Waals surface area (Å²) in [6.07, 6.45) is 1.56. The minimum absolute atomic E-state index is 0.0145. The van der Waals surface area contributed by atoms with Crippen LogP contribution in [0.2, 0.25) is 0 Å². The van der Waals surface area contributed by atoms with E-state index in [1.807, 2.05) is 67.6 Å². The lowest BCUT2D eigenvalue weighted by Gasteiger charge is -2.08. The lowest BCUT2D eigenvalue weighted by Crippen LogP contribution is -2.13. The van der Waals surface area contributed by atoms with Crippen LogP contribution in [0, 0.1) is 11.3 Å². The first kappa shape index (κ1) is 22.1. The maximum atomic E-state index is 12.5. The molecule has 0 saturated carbocycles. The van der Waals surface area contributed by atoms with E-state index in [9.17, 15) is 10.1 Å². The van der Waals surface area contributed by atoms with Gasteiger partial charge in [0.05, 0.1) is 6.61 Å². The molecule has 31 heavy (non-hydrogen) atoms. The molecule has 0 radical (unpaired) electrons. The highest BCUT2D eigenvalue weighted by molar-refractivity contribution is 9.10. The fourth-order valence-electron chi connectivity index (χ4n) is 2.75. The third-order valence-corrected chi connectivity index (χ3v) is 4.81. The molecule has 156 valence electrons. The number of nitrogens with zero attached hydrogens (tertiary/aromatic N) is 1. The van der Waals surface area contributed by atoms with Gasteiger partial charge in [-0.1, -0.05) is 46.3 Å². The fourth-order valence-corrected chi connectivity index (χ4v) is 3.02. The van der Waals surface area contributed by atoms with Crippen molar-refractivity contribution in [1.29, 1.82) is 5.26 Å². The van der Waals surface area contributed by atoms with Crippen LogP contribution in [0.25, 0.3) is 6.08 Å². The number of nitriles is 1. The SMILES string of the molecule is CCOc1cccc(NC(=O)C(C#N)=Cc2ccc(COc3ccc(Br)cc3)cc2)c1. The van der Waals surface area contributed by atoms with Gasteiger partial charge in [0.2, 0.25) is 0 Å². The first-order valence-corrected chi connectivity index (χ1v) is 10.5. The van der Waals surface area contributed by atoms with Gasteiger partial charge in [0.1, 0.15) is 29.7 Å². The van der Waals surface area contributed by atoms with Crippen LogP contribution >= 0.6 is 15.9 Å². The van der Waals surface area contributed by atoms with E-state index in [0.717, 1.165) is 21.3 Å². The van der Waals surface area contributed by atoms with E-state index in [4.69, 9.17) is 9.47 Å². The Morgan fingerprint density at radius 2 is 1.77 bits per heavy atom.